The first-order chi connectivity index (χ1) is 12.5. The molecule has 0 aromatic heterocycles. The molecular formula is C19H21ClN2O4. The van der Waals surface area contributed by atoms with Crippen LogP contribution in [0.4, 0.5) is 5.69 Å². The molecule has 7 heteroatoms. The lowest BCUT2D eigenvalue weighted by Gasteiger charge is -2.20. The fourth-order valence-corrected chi connectivity index (χ4v) is 3.36. The summed E-state index contributed by atoms with van der Waals surface area (Å²) in [7, 11) is 0. The third kappa shape index (κ3) is 3.46. The number of halogens is 1. The summed E-state index contributed by atoms with van der Waals surface area (Å²) in [4.78, 5) is 40.1. The third-order valence-corrected chi connectivity index (χ3v) is 4.86. The molecule has 1 aromatic rings. The Kier molecular flexibility index (Phi) is 5.61. The Morgan fingerprint density at radius 2 is 1.77 bits per heavy atom. The Labute approximate surface area is 157 Å². The summed E-state index contributed by atoms with van der Waals surface area (Å²) in [6.07, 6.45) is 3.70. The quantitative estimate of drug-likeness (QED) is 0.433. The minimum Gasteiger partial charge on any atom is -0.462 e. The minimum absolute atomic E-state index is 0.0417. The molecule has 1 fully saturated rings. The molecule has 138 valence electrons. The molecule has 0 saturated carbocycles. The van der Waals surface area contributed by atoms with Crippen LogP contribution >= 0.6 is 11.6 Å². The zero-order valence-electron chi connectivity index (χ0n) is 14.7. The Morgan fingerprint density at radius 3 is 2.38 bits per heavy atom. The van der Waals surface area contributed by atoms with Gasteiger partial charge < -0.3 is 9.64 Å². The lowest BCUT2D eigenvalue weighted by atomic mass is 10.2. The fraction of sp³-hybridized carbons (Fsp3) is 0.421. The van der Waals surface area contributed by atoms with Gasteiger partial charge in [-0.05, 0) is 43.5 Å². The number of likely N-dealkylation sites (tertiary alicyclic amines) is 1. The number of carbonyl (C=O) groups is 3. The Bertz CT molecular complexity index is 751. The Balaban J connectivity index is 1.74. The molecule has 1 aromatic carbocycles. The maximum absolute atomic E-state index is 12.7. The third-order valence-electron chi connectivity index (χ3n) is 4.52. The number of amides is 2. The fourth-order valence-electron chi connectivity index (χ4n) is 3.08. The molecule has 2 aliphatic heterocycles. The van der Waals surface area contributed by atoms with Crippen molar-refractivity contribution in [1.82, 2.24) is 4.90 Å². The van der Waals surface area contributed by atoms with Gasteiger partial charge in [0.2, 0.25) is 0 Å². The molecule has 2 amide bonds. The normalized spacial score (nSPS) is 17.5. The maximum atomic E-state index is 12.7. The van der Waals surface area contributed by atoms with Crippen molar-refractivity contribution in [3.8, 4) is 0 Å². The first kappa shape index (κ1) is 18.5. The number of hydrogen-bond donors (Lipinski definition) is 0. The molecule has 0 radical (unpaired) electrons. The first-order valence-corrected chi connectivity index (χ1v) is 9.23. The van der Waals surface area contributed by atoms with E-state index in [0.717, 1.165) is 43.7 Å². The van der Waals surface area contributed by atoms with E-state index in [1.54, 1.807) is 24.3 Å². The second-order valence-corrected chi connectivity index (χ2v) is 6.72. The van der Waals surface area contributed by atoms with Crippen molar-refractivity contribution in [2.24, 2.45) is 0 Å². The summed E-state index contributed by atoms with van der Waals surface area (Å²) in [6, 6.07) is 6.21. The van der Waals surface area contributed by atoms with Crippen LogP contribution in [0.1, 0.15) is 43.0 Å². The van der Waals surface area contributed by atoms with Gasteiger partial charge in [-0.25, -0.2) is 9.69 Å². The van der Waals surface area contributed by atoms with Crippen LogP contribution in [-0.2, 0) is 14.3 Å². The van der Waals surface area contributed by atoms with E-state index in [0.29, 0.717) is 17.9 Å². The molecule has 0 atom stereocenters. The first-order valence-electron chi connectivity index (χ1n) is 8.85. The van der Waals surface area contributed by atoms with Crippen molar-refractivity contribution in [2.45, 2.75) is 32.6 Å². The van der Waals surface area contributed by atoms with Gasteiger partial charge in [0.05, 0.1) is 17.9 Å². The van der Waals surface area contributed by atoms with Gasteiger partial charge in [0.15, 0.2) is 0 Å². The predicted octanol–water partition coefficient (Wildman–Crippen LogP) is 3.06. The van der Waals surface area contributed by atoms with Crippen molar-refractivity contribution in [2.75, 3.05) is 24.6 Å². The zero-order chi connectivity index (χ0) is 18.7. The van der Waals surface area contributed by atoms with Gasteiger partial charge in [-0.3, -0.25) is 9.59 Å². The van der Waals surface area contributed by atoms with E-state index >= 15 is 0 Å². The lowest BCUT2D eigenvalue weighted by molar-refractivity contribution is -0.121. The molecule has 0 bridgehead atoms. The Hall–Kier alpha value is -2.34. The number of benzene rings is 1. The van der Waals surface area contributed by atoms with E-state index in [-0.39, 0.29) is 10.7 Å². The monoisotopic (exact) mass is 376 g/mol. The van der Waals surface area contributed by atoms with Gasteiger partial charge in [0.25, 0.3) is 11.8 Å². The second-order valence-electron chi connectivity index (χ2n) is 6.34. The second kappa shape index (κ2) is 7.91. The van der Waals surface area contributed by atoms with Crippen molar-refractivity contribution in [3.05, 3.63) is 40.6 Å². The summed E-state index contributed by atoms with van der Waals surface area (Å²) < 4.78 is 5.16. The van der Waals surface area contributed by atoms with Gasteiger partial charge in [-0.2, -0.15) is 0 Å². The summed E-state index contributed by atoms with van der Waals surface area (Å²) in [5.41, 5.74) is 1.04. The van der Waals surface area contributed by atoms with Crippen LogP contribution in [0.5, 0.6) is 0 Å². The predicted molar refractivity (Wildman–Crippen MR) is 97.8 cm³/mol. The number of anilines is 1. The van der Waals surface area contributed by atoms with Gasteiger partial charge in [0.1, 0.15) is 10.7 Å². The van der Waals surface area contributed by atoms with Crippen LogP contribution in [0.3, 0.4) is 0 Å². The number of ether oxygens (including phenoxy) is 1. The van der Waals surface area contributed by atoms with Crippen LogP contribution < -0.4 is 4.90 Å². The molecule has 0 spiro atoms. The number of unbranched alkanes of at least 4 members (excludes halogenated alkanes) is 1. The molecule has 26 heavy (non-hydrogen) atoms. The highest BCUT2D eigenvalue weighted by Gasteiger charge is 2.41. The number of nitrogens with zero attached hydrogens (tertiary/aromatic N) is 2. The van der Waals surface area contributed by atoms with Crippen LogP contribution in [0.2, 0.25) is 0 Å². The highest BCUT2D eigenvalue weighted by atomic mass is 35.5. The van der Waals surface area contributed by atoms with Gasteiger partial charge >= 0.3 is 5.97 Å². The van der Waals surface area contributed by atoms with Crippen LogP contribution in [0.25, 0.3) is 0 Å². The van der Waals surface area contributed by atoms with E-state index < -0.39 is 17.8 Å². The molecule has 3 rings (SSSR count). The number of carbonyl (C=O) groups excluding carboxylic acids is 3. The molecule has 0 unspecified atom stereocenters. The molecular weight excluding hydrogens is 356 g/mol. The minimum atomic E-state index is -0.531. The lowest BCUT2D eigenvalue weighted by Crippen LogP contribution is -2.34. The summed E-state index contributed by atoms with van der Waals surface area (Å²) in [6.45, 7) is 3.84. The standard InChI is InChI=1S/C19H21ClN2O4/c1-2-3-12-26-19(25)13-6-8-14(9-7-13)22-17(23)15(20)16(18(22)24)21-10-4-5-11-21/h6-9H,2-5,10-12H2,1H3. The summed E-state index contributed by atoms with van der Waals surface area (Å²) in [5, 5.41) is -0.0417. The van der Waals surface area contributed by atoms with Crippen molar-refractivity contribution < 1.29 is 19.1 Å². The van der Waals surface area contributed by atoms with Crippen molar-refractivity contribution in [1.29, 1.82) is 0 Å². The largest absolute Gasteiger partial charge is 0.462 e. The van der Waals surface area contributed by atoms with Crippen molar-refractivity contribution >= 4 is 35.1 Å². The van der Waals surface area contributed by atoms with E-state index in [1.807, 2.05) is 11.8 Å². The molecule has 0 N–H and O–H groups in total. The van der Waals surface area contributed by atoms with Crippen molar-refractivity contribution in [3.63, 3.8) is 0 Å². The molecule has 6 nitrogen and oxygen atoms in total. The Morgan fingerprint density at radius 1 is 1.12 bits per heavy atom. The number of rotatable bonds is 6. The smallest absolute Gasteiger partial charge is 0.338 e. The summed E-state index contributed by atoms with van der Waals surface area (Å²) >= 11 is 6.15. The van der Waals surface area contributed by atoms with E-state index in [4.69, 9.17) is 16.3 Å². The summed E-state index contributed by atoms with van der Waals surface area (Å²) in [5.74, 6) is -1.37. The molecule has 1 saturated heterocycles. The average Bonchev–Trinajstić information content (AvgIpc) is 3.23. The van der Waals surface area contributed by atoms with E-state index in [9.17, 15) is 14.4 Å². The SMILES string of the molecule is CCCCOC(=O)c1ccc(N2C(=O)C(Cl)=C(N3CCCC3)C2=O)cc1. The average molecular weight is 377 g/mol. The number of esters is 1. The molecule has 2 heterocycles. The van der Waals surface area contributed by atoms with Crippen LogP contribution in [0, 0.1) is 0 Å². The van der Waals surface area contributed by atoms with Crippen LogP contribution in [0.15, 0.2) is 35.0 Å². The molecule has 0 aliphatic carbocycles. The van der Waals surface area contributed by atoms with Gasteiger partial charge in [-0.15, -0.1) is 0 Å². The van der Waals surface area contributed by atoms with Gasteiger partial charge in [0, 0.05) is 13.1 Å². The topological polar surface area (TPSA) is 66.9 Å². The van der Waals surface area contributed by atoms with Gasteiger partial charge in [-0.1, -0.05) is 24.9 Å². The highest BCUT2D eigenvalue weighted by Crippen LogP contribution is 2.32. The maximum Gasteiger partial charge on any atom is 0.338 e. The zero-order valence-corrected chi connectivity index (χ0v) is 15.4. The van der Waals surface area contributed by atoms with E-state index in [2.05, 4.69) is 0 Å². The number of hydrogen-bond acceptors (Lipinski definition) is 5. The molecule has 2 aliphatic rings. The highest BCUT2D eigenvalue weighted by molar-refractivity contribution is 6.52. The van der Waals surface area contributed by atoms with Crippen LogP contribution in [-0.4, -0.2) is 42.4 Å². The number of imide groups is 1. The van der Waals surface area contributed by atoms with E-state index in [1.165, 1.54) is 0 Å².